The van der Waals surface area contributed by atoms with Gasteiger partial charge in [-0.2, -0.15) is 0 Å². The first-order valence-electron chi connectivity index (χ1n) is 10.9. The van der Waals surface area contributed by atoms with Crippen LogP contribution in [0.1, 0.15) is 10.4 Å². The maximum Gasteiger partial charge on any atom is 0.265 e. The summed E-state index contributed by atoms with van der Waals surface area (Å²) >= 11 is 0. The molecule has 0 radical (unpaired) electrons. The summed E-state index contributed by atoms with van der Waals surface area (Å²) in [4.78, 5) is 27.1. The molecule has 35 heavy (non-hydrogen) atoms. The number of nitrogens with zero attached hydrogens (tertiary/aromatic N) is 1. The van der Waals surface area contributed by atoms with Gasteiger partial charge in [-0.15, -0.1) is 0 Å². The number of ether oxygens (including phenoxy) is 5. The minimum Gasteiger partial charge on any atom is -0.497 e. The van der Waals surface area contributed by atoms with Crippen LogP contribution in [-0.4, -0.2) is 52.9 Å². The Morgan fingerprint density at radius 1 is 0.886 bits per heavy atom. The Morgan fingerprint density at radius 3 is 2.20 bits per heavy atom. The lowest BCUT2D eigenvalue weighted by molar-refractivity contribution is -0.121. The summed E-state index contributed by atoms with van der Waals surface area (Å²) in [7, 11) is 4.63. The SMILES string of the molecule is COc1ccc(OCCN2C(=O)COc3ccc(NC(=O)c4cc(OC)cc(OC)c4)cc32)cc1. The van der Waals surface area contributed by atoms with Crippen molar-refractivity contribution in [2.75, 3.05) is 51.3 Å². The Morgan fingerprint density at radius 2 is 1.54 bits per heavy atom. The van der Waals surface area contributed by atoms with Crippen LogP contribution in [-0.2, 0) is 4.79 Å². The Kier molecular flexibility index (Phi) is 7.25. The van der Waals surface area contributed by atoms with Crippen LogP contribution in [0.15, 0.2) is 60.7 Å². The van der Waals surface area contributed by atoms with Gasteiger partial charge in [0, 0.05) is 17.3 Å². The highest BCUT2D eigenvalue weighted by Crippen LogP contribution is 2.35. The first-order chi connectivity index (χ1) is 17.0. The highest BCUT2D eigenvalue weighted by atomic mass is 16.5. The van der Waals surface area contributed by atoms with Crippen LogP contribution in [0.5, 0.6) is 28.7 Å². The molecular formula is C26H26N2O7. The summed E-state index contributed by atoms with van der Waals surface area (Å²) in [5.74, 6) is 2.41. The van der Waals surface area contributed by atoms with Crippen LogP contribution in [0.3, 0.4) is 0 Å². The van der Waals surface area contributed by atoms with Crippen molar-refractivity contribution in [2.24, 2.45) is 0 Å². The molecule has 4 rings (SSSR count). The van der Waals surface area contributed by atoms with E-state index in [1.165, 1.54) is 14.2 Å². The highest BCUT2D eigenvalue weighted by Gasteiger charge is 2.26. The second-order valence-electron chi connectivity index (χ2n) is 7.60. The second-order valence-corrected chi connectivity index (χ2v) is 7.60. The molecule has 1 aliphatic rings. The zero-order chi connectivity index (χ0) is 24.8. The van der Waals surface area contributed by atoms with E-state index < -0.39 is 0 Å². The lowest BCUT2D eigenvalue weighted by Gasteiger charge is -2.29. The number of methoxy groups -OCH3 is 3. The molecule has 9 heteroatoms. The summed E-state index contributed by atoms with van der Waals surface area (Å²) in [6.45, 7) is 0.522. The van der Waals surface area contributed by atoms with Crippen LogP contribution in [0.25, 0.3) is 0 Å². The lowest BCUT2D eigenvalue weighted by atomic mass is 10.1. The van der Waals surface area contributed by atoms with Gasteiger partial charge in [-0.05, 0) is 54.6 Å². The summed E-state index contributed by atoms with van der Waals surface area (Å²) < 4.78 is 27.0. The van der Waals surface area contributed by atoms with Gasteiger partial charge in [-0.1, -0.05) is 0 Å². The standard InChI is InChI=1S/C26H26N2O7/c1-31-19-5-7-20(8-6-19)34-11-10-28-23-14-18(4-9-24(23)35-16-25(28)29)27-26(30)17-12-21(32-2)15-22(13-17)33-3/h4-9,12-15H,10-11,16H2,1-3H3,(H,27,30). The van der Waals surface area contributed by atoms with E-state index in [9.17, 15) is 9.59 Å². The minimum absolute atomic E-state index is 0.0646. The molecule has 0 atom stereocenters. The molecule has 0 aromatic heterocycles. The number of anilines is 2. The molecule has 1 aliphatic heterocycles. The number of benzene rings is 3. The molecule has 3 aromatic carbocycles. The zero-order valence-electron chi connectivity index (χ0n) is 19.7. The van der Waals surface area contributed by atoms with Crippen LogP contribution >= 0.6 is 0 Å². The van der Waals surface area contributed by atoms with Gasteiger partial charge in [-0.3, -0.25) is 9.59 Å². The number of carbonyl (C=O) groups excluding carboxylic acids is 2. The molecule has 0 spiro atoms. The number of amides is 2. The van der Waals surface area contributed by atoms with Gasteiger partial charge in [-0.25, -0.2) is 0 Å². The Balaban J connectivity index is 1.47. The summed E-state index contributed by atoms with van der Waals surface area (Å²) in [6.07, 6.45) is 0. The van der Waals surface area contributed by atoms with Crippen molar-refractivity contribution in [3.8, 4) is 28.7 Å². The van der Waals surface area contributed by atoms with E-state index >= 15 is 0 Å². The van der Waals surface area contributed by atoms with Crippen LogP contribution in [0.2, 0.25) is 0 Å². The van der Waals surface area contributed by atoms with E-state index in [-0.39, 0.29) is 25.0 Å². The van der Waals surface area contributed by atoms with Gasteiger partial charge in [0.15, 0.2) is 6.61 Å². The van der Waals surface area contributed by atoms with E-state index in [1.54, 1.807) is 72.7 Å². The molecule has 2 amide bonds. The monoisotopic (exact) mass is 478 g/mol. The molecular weight excluding hydrogens is 452 g/mol. The van der Waals surface area contributed by atoms with Gasteiger partial charge in [0.05, 0.1) is 33.6 Å². The van der Waals surface area contributed by atoms with Crippen molar-refractivity contribution < 1.29 is 33.3 Å². The highest BCUT2D eigenvalue weighted by molar-refractivity contribution is 6.06. The van der Waals surface area contributed by atoms with Crippen molar-refractivity contribution in [2.45, 2.75) is 0 Å². The summed E-state index contributed by atoms with van der Waals surface area (Å²) in [6, 6.07) is 17.3. The van der Waals surface area contributed by atoms with Crippen LogP contribution in [0.4, 0.5) is 11.4 Å². The number of hydrogen-bond donors (Lipinski definition) is 1. The summed E-state index contributed by atoms with van der Waals surface area (Å²) in [5.41, 5.74) is 1.44. The van der Waals surface area contributed by atoms with Gasteiger partial charge in [0.1, 0.15) is 35.4 Å². The van der Waals surface area contributed by atoms with E-state index in [0.29, 0.717) is 46.5 Å². The van der Waals surface area contributed by atoms with Gasteiger partial charge in [0.25, 0.3) is 11.8 Å². The average molecular weight is 479 g/mol. The molecule has 0 saturated carbocycles. The molecule has 0 saturated heterocycles. The van der Waals surface area contributed by atoms with Crippen LogP contribution in [0, 0.1) is 0 Å². The third-order valence-corrected chi connectivity index (χ3v) is 5.42. The number of rotatable bonds is 9. The van der Waals surface area contributed by atoms with Crippen molar-refractivity contribution in [3.05, 3.63) is 66.2 Å². The van der Waals surface area contributed by atoms with E-state index in [0.717, 1.165) is 5.75 Å². The number of hydrogen-bond acceptors (Lipinski definition) is 7. The molecule has 9 nitrogen and oxygen atoms in total. The van der Waals surface area contributed by atoms with Gasteiger partial charge < -0.3 is 33.9 Å². The first kappa shape index (κ1) is 23.7. The third kappa shape index (κ3) is 5.57. The van der Waals surface area contributed by atoms with Crippen molar-refractivity contribution in [3.63, 3.8) is 0 Å². The van der Waals surface area contributed by atoms with Crippen LogP contribution < -0.4 is 33.9 Å². The molecule has 182 valence electrons. The quantitative estimate of drug-likeness (QED) is 0.500. The van der Waals surface area contributed by atoms with E-state index in [1.807, 2.05) is 0 Å². The molecule has 3 aromatic rings. The van der Waals surface area contributed by atoms with E-state index in [2.05, 4.69) is 5.32 Å². The lowest BCUT2D eigenvalue weighted by Crippen LogP contribution is -2.41. The maximum atomic E-state index is 12.9. The largest absolute Gasteiger partial charge is 0.497 e. The summed E-state index contributed by atoms with van der Waals surface area (Å²) in [5, 5.41) is 2.85. The fourth-order valence-electron chi connectivity index (χ4n) is 3.59. The second kappa shape index (κ2) is 10.7. The Hall–Kier alpha value is -4.40. The number of fused-ring (bicyclic) bond motifs is 1. The zero-order valence-corrected chi connectivity index (χ0v) is 19.7. The molecule has 1 N–H and O–H groups in total. The molecule has 0 fully saturated rings. The fraction of sp³-hybridized carbons (Fsp3) is 0.231. The molecule has 0 aliphatic carbocycles. The fourth-order valence-corrected chi connectivity index (χ4v) is 3.59. The third-order valence-electron chi connectivity index (χ3n) is 5.42. The topological polar surface area (TPSA) is 95.6 Å². The average Bonchev–Trinajstić information content (AvgIpc) is 2.89. The number of nitrogens with one attached hydrogen (secondary N) is 1. The van der Waals surface area contributed by atoms with E-state index in [4.69, 9.17) is 23.7 Å². The smallest absolute Gasteiger partial charge is 0.265 e. The Bertz CT molecular complexity index is 1190. The predicted octanol–water partition coefficient (Wildman–Crippen LogP) is 3.77. The van der Waals surface area contributed by atoms with Crippen molar-refractivity contribution in [1.82, 2.24) is 0 Å². The minimum atomic E-state index is -0.348. The normalized spacial score (nSPS) is 12.3. The molecule has 0 bridgehead atoms. The number of carbonyl (C=O) groups is 2. The van der Waals surface area contributed by atoms with Gasteiger partial charge in [0.2, 0.25) is 0 Å². The molecule has 1 heterocycles. The van der Waals surface area contributed by atoms with Gasteiger partial charge >= 0.3 is 0 Å². The maximum absolute atomic E-state index is 12.9. The molecule has 0 unspecified atom stereocenters. The van der Waals surface area contributed by atoms with Crippen molar-refractivity contribution in [1.29, 1.82) is 0 Å². The first-order valence-corrected chi connectivity index (χ1v) is 10.9. The Labute approximate surface area is 203 Å². The predicted molar refractivity (Wildman–Crippen MR) is 130 cm³/mol. The van der Waals surface area contributed by atoms with Crippen molar-refractivity contribution >= 4 is 23.2 Å².